The van der Waals surface area contributed by atoms with Crippen LogP contribution in [0.3, 0.4) is 0 Å². The van der Waals surface area contributed by atoms with E-state index >= 15 is 0 Å². The Morgan fingerprint density at radius 3 is 2.73 bits per heavy atom. The van der Waals surface area contributed by atoms with E-state index in [4.69, 9.17) is 0 Å². The van der Waals surface area contributed by atoms with Crippen molar-refractivity contribution in [1.29, 1.82) is 0 Å². The van der Waals surface area contributed by atoms with Crippen LogP contribution in [0.25, 0.3) is 0 Å². The van der Waals surface area contributed by atoms with Gasteiger partial charge in [0.25, 0.3) is 0 Å². The second kappa shape index (κ2) is 9.42. The second-order valence-electron chi connectivity index (χ2n) is 7.71. The van der Waals surface area contributed by atoms with Crippen LogP contribution in [0.5, 0.6) is 0 Å². The molecule has 3 aromatic rings. The molecule has 1 N–H and O–H groups in total. The average molecular weight is 426 g/mol. The number of carbonyl (C=O) groups is 1. The summed E-state index contributed by atoms with van der Waals surface area (Å²) in [6.07, 6.45) is 4.73. The van der Waals surface area contributed by atoms with Gasteiger partial charge in [0.1, 0.15) is 0 Å². The van der Waals surface area contributed by atoms with Crippen molar-refractivity contribution in [2.24, 2.45) is 0 Å². The summed E-state index contributed by atoms with van der Waals surface area (Å²) in [7, 11) is 0. The molecule has 9 heteroatoms. The number of carbonyl (C=O) groups excluding carboxylic acids is 1. The van der Waals surface area contributed by atoms with Crippen molar-refractivity contribution in [1.82, 2.24) is 30.0 Å². The highest BCUT2D eigenvalue weighted by Gasteiger charge is 2.21. The molecule has 30 heavy (non-hydrogen) atoms. The number of hydrogen-bond acceptors (Lipinski definition) is 6. The Morgan fingerprint density at radius 2 is 1.97 bits per heavy atom. The fraction of sp³-hybridized carbons (Fsp3) is 0.476. The number of nitrogens with zero attached hydrogens (tertiary/aromatic N) is 6. The lowest BCUT2D eigenvalue weighted by Crippen LogP contribution is -2.16. The van der Waals surface area contributed by atoms with Crippen molar-refractivity contribution in [2.75, 3.05) is 11.1 Å². The highest BCUT2D eigenvalue weighted by atomic mass is 32.2. The Hall–Kier alpha value is -2.68. The smallest absolute Gasteiger partial charge is 0.234 e. The predicted molar refractivity (Wildman–Crippen MR) is 117 cm³/mol. The zero-order valence-electron chi connectivity index (χ0n) is 17.4. The van der Waals surface area contributed by atoms with Crippen LogP contribution in [0.15, 0.2) is 30.3 Å². The van der Waals surface area contributed by atoms with Gasteiger partial charge in [0.05, 0.1) is 41.2 Å². The van der Waals surface area contributed by atoms with Gasteiger partial charge in [0.15, 0.2) is 5.82 Å². The molecule has 0 radical (unpaired) electrons. The molecule has 2 aromatic heterocycles. The molecule has 0 spiro atoms. The molecule has 1 aliphatic rings. The molecule has 4 rings (SSSR count). The first-order chi connectivity index (χ1) is 14.6. The van der Waals surface area contributed by atoms with Crippen LogP contribution >= 0.6 is 11.8 Å². The lowest BCUT2D eigenvalue weighted by Gasteiger charge is -2.11. The fourth-order valence-corrected chi connectivity index (χ4v) is 4.67. The molecule has 0 saturated heterocycles. The molecule has 1 aromatic carbocycles. The number of hydrogen-bond donors (Lipinski definition) is 1. The van der Waals surface area contributed by atoms with Crippen molar-refractivity contribution in [2.45, 2.75) is 57.9 Å². The summed E-state index contributed by atoms with van der Waals surface area (Å²) in [4.78, 5) is 12.5. The zero-order chi connectivity index (χ0) is 20.9. The standard InChI is InChI=1S/C21H27N7OS/c1-15-21(16(2)27(24-15)12-17-8-4-3-5-9-17)22-20(29)14-30-13-19-23-25-26-28(19)18-10-6-7-11-18/h3-5,8-9,18H,6-7,10-14H2,1-2H3,(H,22,29). The van der Waals surface area contributed by atoms with Crippen LogP contribution in [0.1, 0.15) is 54.5 Å². The molecule has 0 atom stereocenters. The topological polar surface area (TPSA) is 90.5 Å². The minimum atomic E-state index is -0.0367. The molecule has 2 heterocycles. The maximum Gasteiger partial charge on any atom is 0.234 e. The van der Waals surface area contributed by atoms with Crippen molar-refractivity contribution in [3.8, 4) is 0 Å². The Bertz CT molecular complexity index is 992. The largest absolute Gasteiger partial charge is 0.322 e. The number of tetrazole rings is 1. The van der Waals surface area contributed by atoms with Gasteiger partial charge in [-0.2, -0.15) is 5.10 Å². The number of aryl methyl sites for hydroxylation is 1. The summed E-state index contributed by atoms with van der Waals surface area (Å²) >= 11 is 1.53. The number of nitrogens with one attached hydrogen (secondary N) is 1. The highest BCUT2D eigenvalue weighted by molar-refractivity contribution is 7.99. The monoisotopic (exact) mass is 425 g/mol. The quantitative estimate of drug-likeness (QED) is 0.594. The third kappa shape index (κ3) is 4.72. The van der Waals surface area contributed by atoms with Crippen LogP contribution in [0.2, 0.25) is 0 Å². The molecule has 1 aliphatic carbocycles. The maximum atomic E-state index is 12.5. The highest BCUT2D eigenvalue weighted by Crippen LogP contribution is 2.30. The molecule has 0 aliphatic heterocycles. The second-order valence-corrected chi connectivity index (χ2v) is 8.69. The molecule has 1 saturated carbocycles. The van der Waals surface area contributed by atoms with E-state index in [1.54, 1.807) is 0 Å². The van der Waals surface area contributed by atoms with E-state index in [2.05, 4.69) is 38.1 Å². The van der Waals surface area contributed by atoms with Crippen molar-refractivity contribution in [3.63, 3.8) is 0 Å². The average Bonchev–Trinajstić information content (AvgIpc) is 3.47. The van der Waals surface area contributed by atoms with Gasteiger partial charge in [0.2, 0.25) is 5.91 Å². The van der Waals surface area contributed by atoms with Crippen LogP contribution in [-0.2, 0) is 17.1 Å². The first-order valence-corrected chi connectivity index (χ1v) is 11.5. The van der Waals surface area contributed by atoms with E-state index in [-0.39, 0.29) is 5.91 Å². The van der Waals surface area contributed by atoms with E-state index in [1.165, 1.54) is 30.2 Å². The Kier molecular flexibility index (Phi) is 6.47. The SMILES string of the molecule is Cc1nn(Cc2ccccc2)c(C)c1NC(=O)CSCc1nnnn1C1CCCC1. The summed E-state index contributed by atoms with van der Waals surface area (Å²) in [5.74, 6) is 1.79. The number of rotatable bonds is 8. The molecular formula is C21H27N7OS. The Balaban J connectivity index is 1.32. The lowest BCUT2D eigenvalue weighted by molar-refractivity contribution is -0.113. The van der Waals surface area contributed by atoms with Gasteiger partial charge in [0, 0.05) is 0 Å². The first kappa shape index (κ1) is 20.6. The van der Waals surface area contributed by atoms with Crippen molar-refractivity contribution >= 4 is 23.4 Å². The van der Waals surface area contributed by atoms with E-state index in [0.29, 0.717) is 24.1 Å². The summed E-state index contributed by atoms with van der Waals surface area (Å²) in [6, 6.07) is 10.6. The van der Waals surface area contributed by atoms with Gasteiger partial charge in [-0.1, -0.05) is 43.2 Å². The summed E-state index contributed by atoms with van der Waals surface area (Å²) in [5, 5.41) is 19.8. The predicted octanol–water partition coefficient (Wildman–Crippen LogP) is 3.52. The van der Waals surface area contributed by atoms with E-state index in [1.807, 2.05) is 41.4 Å². The molecule has 0 unspecified atom stereocenters. The minimum absolute atomic E-state index is 0.0367. The maximum absolute atomic E-state index is 12.5. The van der Waals surface area contributed by atoms with E-state index in [0.717, 1.165) is 35.7 Å². The normalized spacial score (nSPS) is 14.3. The minimum Gasteiger partial charge on any atom is -0.322 e. The number of anilines is 1. The molecule has 1 fully saturated rings. The molecule has 8 nitrogen and oxygen atoms in total. The third-order valence-corrected chi connectivity index (χ3v) is 6.45. The number of thioether (sulfide) groups is 1. The molecular weight excluding hydrogens is 398 g/mol. The Labute approximate surface area is 180 Å². The van der Waals surface area contributed by atoms with Gasteiger partial charge in [-0.25, -0.2) is 4.68 Å². The van der Waals surface area contributed by atoms with Gasteiger partial charge in [-0.15, -0.1) is 16.9 Å². The van der Waals surface area contributed by atoms with Gasteiger partial charge in [-0.05, 0) is 42.7 Å². The van der Waals surface area contributed by atoms with Crippen LogP contribution < -0.4 is 5.32 Å². The summed E-state index contributed by atoms with van der Waals surface area (Å²) in [5.41, 5.74) is 3.76. The van der Waals surface area contributed by atoms with Crippen LogP contribution in [0.4, 0.5) is 5.69 Å². The number of amides is 1. The van der Waals surface area contributed by atoms with Gasteiger partial charge < -0.3 is 5.32 Å². The first-order valence-electron chi connectivity index (χ1n) is 10.3. The van der Waals surface area contributed by atoms with Crippen LogP contribution in [0, 0.1) is 13.8 Å². The zero-order valence-corrected chi connectivity index (χ0v) is 18.2. The van der Waals surface area contributed by atoms with Crippen LogP contribution in [-0.4, -0.2) is 41.6 Å². The van der Waals surface area contributed by atoms with Crippen molar-refractivity contribution in [3.05, 3.63) is 53.1 Å². The van der Waals surface area contributed by atoms with Crippen molar-refractivity contribution < 1.29 is 4.79 Å². The molecule has 1 amide bonds. The Morgan fingerprint density at radius 1 is 1.20 bits per heavy atom. The van der Waals surface area contributed by atoms with E-state index < -0.39 is 0 Å². The number of aromatic nitrogens is 6. The summed E-state index contributed by atoms with van der Waals surface area (Å²) < 4.78 is 3.88. The van der Waals surface area contributed by atoms with Gasteiger partial charge in [-0.3, -0.25) is 9.48 Å². The van der Waals surface area contributed by atoms with Gasteiger partial charge >= 0.3 is 0 Å². The molecule has 158 valence electrons. The molecule has 0 bridgehead atoms. The third-order valence-electron chi connectivity index (χ3n) is 5.52. The number of benzene rings is 1. The lowest BCUT2D eigenvalue weighted by atomic mass is 10.2. The fourth-order valence-electron chi connectivity index (χ4n) is 3.94. The van der Waals surface area contributed by atoms with E-state index in [9.17, 15) is 4.79 Å². The summed E-state index contributed by atoms with van der Waals surface area (Å²) in [6.45, 7) is 4.59.